The van der Waals surface area contributed by atoms with Gasteiger partial charge in [0.15, 0.2) is 11.5 Å². The third-order valence-corrected chi connectivity index (χ3v) is 4.88. The minimum Gasteiger partial charge on any atom is -0.454 e. The van der Waals surface area contributed by atoms with Gasteiger partial charge in [0.05, 0.1) is 6.42 Å². The number of carbonyl (C=O) groups is 1. The van der Waals surface area contributed by atoms with E-state index < -0.39 is 0 Å². The third-order valence-electron chi connectivity index (χ3n) is 4.88. The van der Waals surface area contributed by atoms with Crippen LogP contribution < -0.4 is 20.3 Å². The quantitative estimate of drug-likeness (QED) is 0.697. The summed E-state index contributed by atoms with van der Waals surface area (Å²) < 4.78 is 12.4. The molecule has 0 fully saturated rings. The fraction of sp³-hybridized carbons (Fsp3) is 0.273. The van der Waals surface area contributed by atoms with Crippen LogP contribution in [-0.2, 0) is 17.8 Å². The van der Waals surface area contributed by atoms with Crippen molar-refractivity contribution in [3.63, 3.8) is 0 Å². The van der Waals surface area contributed by atoms with Crippen LogP contribution in [0.15, 0.2) is 53.5 Å². The van der Waals surface area contributed by atoms with Gasteiger partial charge in [0.2, 0.25) is 12.7 Å². The number of likely N-dealkylation sites (N-methyl/N-ethyl adjacent to an activating group) is 1. The molecule has 0 bridgehead atoms. The predicted octanol–water partition coefficient (Wildman–Crippen LogP) is 2.47. The highest BCUT2D eigenvalue weighted by Gasteiger charge is 2.15. The molecule has 0 saturated carbocycles. The van der Waals surface area contributed by atoms with E-state index in [1.165, 1.54) is 0 Å². The molecule has 2 aromatic carbocycles. The molecule has 1 aliphatic rings. The van der Waals surface area contributed by atoms with Crippen LogP contribution in [0.25, 0.3) is 10.8 Å². The molecule has 0 aliphatic carbocycles. The van der Waals surface area contributed by atoms with Crippen LogP contribution in [0.3, 0.4) is 0 Å². The lowest BCUT2D eigenvalue weighted by atomic mass is 10.1. The highest BCUT2D eigenvalue weighted by Crippen LogP contribution is 2.32. The number of carbonyl (C=O) groups excluding carboxylic acids is 1. The number of fused-ring (bicyclic) bond motifs is 2. The molecular weight excluding hydrogens is 370 g/mol. The summed E-state index contributed by atoms with van der Waals surface area (Å²) in [7, 11) is 3.94. The summed E-state index contributed by atoms with van der Waals surface area (Å²) in [6.45, 7) is 1.59. The van der Waals surface area contributed by atoms with E-state index in [0.29, 0.717) is 29.1 Å². The number of ether oxygens (including phenoxy) is 2. The Balaban J connectivity index is 1.53. The van der Waals surface area contributed by atoms with Gasteiger partial charge in [-0.05, 0) is 50.0 Å². The van der Waals surface area contributed by atoms with Crippen LogP contribution in [0.5, 0.6) is 11.5 Å². The Bertz CT molecular complexity index is 1120. The number of hydrogen-bond donors (Lipinski definition) is 1. The van der Waals surface area contributed by atoms with Crippen molar-refractivity contribution in [1.82, 2.24) is 9.47 Å². The number of nitrogens with zero attached hydrogens (tertiary/aromatic N) is 2. The standard InChI is InChI=1S/C22H23N3O4/c1-24(2)10-11-25-9-8-16-17(22(25)27)4-3-5-18(16)23-21(26)13-15-6-7-19-20(12-15)29-14-28-19/h3-9,12H,10-11,13-14H2,1-2H3,(H,23,26). The van der Waals surface area contributed by atoms with Gasteiger partial charge in [-0.2, -0.15) is 0 Å². The lowest BCUT2D eigenvalue weighted by molar-refractivity contribution is -0.115. The average molecular weight is 393 g/mol. The van der Waals surface area contributed by atoms with Gasteiger partial charge in [0, 0.05) is 35.7 Å². The summed E-state index contributed by atoms with van der Waals surface area (Å²) in [5, 5.41) is 4.25. The van der Waals surface area contributed by atoms with Crippen molar-refractivity contribution < 1.29 is 14.3 Å². The molecule has 1 N–H and O–H groups in total. The van der Waals surface area contributed by atoms with Gasteiger partial charge in [-0.15, -0.1) is 0 Å². The number of amides is 1. The Hall–Kier alpha value is -3.32. The zero-order chi connectivity index (χ0) is 20.4. The lowest BCUT2D eigenvalue weighted by Crippen LogP contribution is -2.26. The van der Waals surface area contributed by atoms with Gasteiger partial charge in [0.25, 0.3) is 5.56 Å². The van der Waals surface area contributed by atoms with Gasteiger partial charge in [-0.25, -0.2) is 0 Å². The molecule has 0 unspecified atom stereocenters. The monoisotopic (exact) mass is 393 g/mol. The van der Waals surface area contributed by atoms with E-state index in [4.69, 9.17) is 9.47 Å². The van der Waals surface area contributed by atoms with Gasteiger partial charge >= 0.3 is 0 Å². The maximum atomic E-state index is 12.8. The third kappa shape index (κ3) is 4.09. The number of aromatic nitrogens is 1. The first-order valence-electron chi connectivity index (χ1n) is 9.46. The van der Waals surface area contributed by atoms with Crippen LogP contribution >= 0.6 is 0 Å². The topological polar surface area (TPSA) is 72.8 Å². The van der Waals surface area contributed by atoms with Crippen molar-refractivity contribution in [2.45, 2.75) is 13.0 Å². The Kier molecular flexibility index (Phi) is 5.22. The van der Waals surface area contributed by atoms with Crippen LogP contribution in [0.2, 0.25) is 0 Å². The van der Waals surface area contributed by atoms with E-state index in [9.17, 15) is 9.59 Å². The fourth-order valence-electron chi connectivity index (χ4n) is 3.34. The number of nitrogens with one attached hydrogen (secondary N) is 1. The molecule has 0 saturated heterocycles. The fourth-order valence-corrected chi connectivity index (χ4v) is 3.34. The first kappa shape index (κ1) is 19.0. The Morgan fingerprint density at radius 1 is 1.10 bits per heavy atom. The number of anilines is 1. The molecule has 7 nitrogen and oxygen atoms in total. The summed E-state index contributed by atoms with van der Waals surface area (Å²) in [5.41, 5.74) is 1.40. The van der Waals surface area contributed by atoms with E-state index in [-0.39, 0.29) is 24.7 Å². The Labute approximate surface area is 168 Å². The first-order chi connectivity index (χ1) is 14.0. The van der Waals surface area contributed by atoms with Crippen molar-refractivity contribution in [2.24, 2.45) is 0 Å². The number of hydrogen-bond acceptors (Lipinski definition) is 5. The predicted molar refractivity (Wildman–Crippen MR) is 112 cm³/mol. The summed E-state index contributed by atoms with van der Waals surface area (Å²) in [4.78, 5) is 27.4. The van der Waals surface area contributed by atoms with Crippen molar-refractivity contribution in [3.05, 3.63) is 64.6 Å². The van der Waals surface area contributed by atoms with Gasteiger partial charge in [-0.1, -0.05) is 12.1 Å². The van der Waals surface area contributed by atoms with Crippen molar-refractivity contribution in [3.8, 4) is 11.5 Å². The molecule has 7 heteroatoms. The van der Waals surface area contributed by atoms with Gasteiger partial charge in [0.1, 0.15) is 0 Å². The molecule has 4 rings (SSSR count). The minimum absolute atomic E-state index is 0.0591. The van der Waals surface area contributed by atoms with Crippen molar-refractivity contribution in [2.75, 3.05) is 32.7 Å². The SMILES string of the molecule is CN(C)CCn1ccc2c(NC(=O)Cc3ccc4c(c3)OCO4)cccc2c1=O. The summed E-state index contributed by atoms with van der Waals surface area (Å²) in [6.07, 6.45) is 1.98. The Morgan fingerprint density at radius 3 is 2.76 bits per heavy atom. The highest BCUT2D eigenvalue weighted by atomic mass is 16.7. The first-order valence-corrected chi connectivity index (χ1v) is 9.46. The molecule has 3 aromatic rings. The van der Waals surface area contributed by atoms with Gasteiger partial charge < -0.3 is 24.3 Å². The minimum atomic E-state index is -0.159. The van der Waals surface area contributed by atoms with Crippen LogP contribution in [0.4, 0.5) is 5.69 Å². The summed E-state index contributed by atoms with van der Waals surface area (Å²) >= 11 is 0. The molecule has 0 atom stereocenters. The van der Waals surface area contributed by atoms with Gasteiger partial charge in [-0.3, -0.25) is 9.59 Å². The lowest BCUT2D eigenvalue weighted by Gasteiger charge is -2.13. The van der Waals surface area contributed by atoms with Crippen molar-refractivity contribution >= 4 is 22.4 Å². The molecule has 1 aliphatic heterocycles. The number of pyridine rings is 1. The second-order valence-electron chi connectivity index (χ2n) is 7.30. The van der Waals surface area contributed by atoms with E-state index in [0.717, 1.165) is 17.5 Å². The normalized spacial score (nSPS) is 12.5. The number of rotatable bonds is 6. The van der Waals surface area contributed by atoms with E-state index >= 15 is 0 Å². The highest BCUT2D eigenvalue weighted by molar-refractivity contribution is 6.02. The molecule has 0 spiro atoms. The van der Waals surface area contributed by atoms with E-state index in [1.807, 2.05) is 43.3 Å². The maximum absolute atomic E-state index is 12.8. The smallest absolute Gasteiger partial charge is 0.258 e. The zero-order valence-corrected chi connectivity index (χ0v) is 16.5. The van der Waals surface area contributed by atoms with Crippen LogP contribution in [0.1, 0.15) is 5.56 Å². The summed E-state index contributed by atoms with van der Waals surface area (Å²) in [6, 6.07) is 12.7. The second-order valence-corrected chi connectivity index (χ2v) is 7.30. The zero-order valence-electron chi connectivity index (χ0n) is 16.5. The van der Waals surface area contributed by atoms with Crippen molar-refractivity contribution in [1.29, 1.82) is 0 Å². The number of benzene rings is 2. The van der Waals surface area contributed by atoms with E-state index in [1.54, 1.807) is 29.0 Å². The average Bonchev–Trinajstić information content (AvgIpc) is 3.15. The maximum Gasteiger partial charge on any atom is 0.258 e. The van der Waals surface area contributed by atoms with E-state index in [2.05, 4.69) is 5.32 Å². The molecule has 0 radical (unpaired) electrons. The van der Waals surface area contributed by atoms with Crippen LogP contribution in [0, 0.1) is 0 Å². The molecule has 1 amide bonds. The molecule has 1 aromatic heterocycles. The second kappa shape index (κ2) is 7.97. The largest absolute Gasteiger partial charge is 0.454 e. The Morgan fingerprint density at radius 2 is 1.93 bits per heavy atom. The molecule has 150 valence electrons. The summed E-state index contributed by atoms with van der Waals surface area (Å²) in [5.74, 6) is 1.18. The molecule has 29 heavy (non-hydrogen) atoms. The molecular formula is C22H23N3O4. The van der Waals surface area contributed by atoms with Crippen LogP contribution in [-0.4, -0.2) is 42.8 Å². The molecule has 2 heterocycles.